The first-order chi connectivity index (χ1) is 29.6. The summed E-state index contributed by atoms with van der Waals surface area (Å²) in [5, 5.41) is 8.91. The Kier molecular flexibility index (Phi) is 43.1. The Hall–Kier alpha value is -2.04. The van der Waals surface area contributed by atoms with E-state index in [-0.39, 0.29) is 19.4 Å². The number of rotatable bonds is 47. The molecule has 358 valence electrons. The van der Waals surface area contributed by atoms with Crippen molar-refractivity contribution in [3.05, 3.63) is 24.3 Å². The van der Waals surface area contributed by atoms with Gasteiger partial charge in [0.25, 0.3) is 0 Å². The highest BCUT2D eigenvalue weighted by Crippen LogP contribution is 2.43. The second kappa shape index (κ2) is 44.6. The number of aliphatic carboxylic acids is 1. The van der Waals surface area contributed by atoms with Gasteiger partial charge in [0.1, 0.15) is 12.6 Å². The first-order valence-electron chi connectivity index (χ1n) is 24.9. The van der Waals surface area contributed by atoms with Gasteiger partial charge in [0, 0.05) is 12.8 Å². The van der Waals surface area contributed by atoms with Crippen molar-refractivity contribution in [2.24, 2.45) is 5.73 Å². The summed E-state index contributed by atoms with van der Waals surface area (Å²) < 4.78 is 32.8. The van der Waals surface area contributed by atoms with Crippen LogP contribution >= 0.6 is 7.82 Å². The SMILES string of the molecule is CCCCCC/C=C\C/C=C\CCCCCCCC(=O)OC(COC(=O)CCCCCCCCCCCCCCCCCCCCCCC)COP(=O)(O)OCC(N)C(=O)O. The molecule has 0 fully saturated rings. The molecule has 0 aliphatic carbocycles. The van der Waals surface area contributed by atoms with Gasteiger partial charge in [-0.25, -0.2) is 4.57 Å². The lowest BCUT2D eigenvalue weighted by Gasteiger charge is -2.20. The van der Waals surface area contributed by atoms with E-state index in [4.69, 9.17) is 24.8 Å². The molecule has 0 saturated carbocycles. The van der Waals surface area contributed by atoms with Crippen LogP contribution in [-0.4, -0.2) is 59.9 Å². The van der Waals surface area contributed by atoms with E-state index >= 15 is 0 Å². The van der Waals surface area contributed by atoms with Gasteiger partial charge >= 0.3 is 25.7 Å². The number of esters is 2. The van der Waals surface area contributed by atoms with Crippen LogP contribution in [0.25, 0.3) is 0 Å². The molecule has 0 aliphatic rings. The van der Waals surface area contributed by atoms with Crippen LogP contribution in [0.3, 0.4) is 0 Å². The van der Waals surface area contributed by atoms with Gasteiger partial charge < -0.3 is 25.2 Å². The van der Waals surface area contributed by atoms with E-state index in [1.807, 2.05) is 0 Å². The van der Waals surface area contributed by atoms with Crippen molar-refractivity contribution in [3.63, 3.8) is 0 Å². The average molecular weight is 886 g/mol. The third kappa shape index (κ3) is 44.4. The van der Waals surface area contributed by atoms with E-state index in [2.05, 4.69) is 42.7 Å². The summed E-state index contributed by atoms with van der Waals surface area (Å²) in [5.41, 5.74) is 5.35. The Morgan fingerprint density at radius 3 is 1.30 bits per heavy atom. The molecule has 61 heavy (non-hydrogen) atoms. The summed E-state index contributed by atoms with van der Waals surface area (Å²) >= 11 is 0. The lowest BCUT2D eigenvalue weighted by molar-refractivity contribution is -0.161. The molecule has 11 nitrogen and oxygen atoms in total. The second-order valence-corrected chi connectivity index (χ2v) is 18.4. The molecule has 0 heterocycles. The number of carbonyl (C=O) groups is 3. The van der Waals surface area contributed by atoms with Gasteiger partial charge in [-0.05, 0) is 44.9 Å². The Bertz CT molecular complexity index is 1130. The zero-order valence-electron chi connectivity index (χ0n) is 39.0. The average Bonchev–Trinajstić information content (AvgIpc) is 3.24. The highest BCUT2D eigenvalue weighted by atomic mass is 31.2. The van der Waals surface area contributed by atoms with Crippen molar-refractivity contribution in [2.45, 2.75) is 251 Å². The molecule has 0 bridgehead atoms. The van der Waals surface area contributed by atoms with Crippen molar-refractivity contribution in [2.75, 3.05) is 19.8 Å². The summed E-state index contributed by atoms with van der Waals surface area (Å²) in [5.74, 6) is -2.38. The summed E-state index contributed by atoms with van der Waals surface area (Å²) in [4.78, 5) is 46.1. The molecule has 0 aromatic rings. The highest BCUT2D eigenvalue weighted by molar-refractivity contribution is 7.47. The second-order valence-electron chi connectivity index (χ2n) is 17.0. The first kappa shape index (κ1) is 59.0. The van der Waals surface area contributed by atoms with E-state index in [0.717, 1.165) is 64.2 Å². The number of unbranched alkanes of at least 4 members (excludes halogenated alkanes) is 29. The van der Waals surface area contributed by atoms with Crippen molar-refractivity contribution < 1.29 is 47.5 Å². The minimum Gasteiger partial charge on any atom is -0.480 e. The number of phosphoric ester groups is 1. The number of carbonyl (C=O) groups excluding carboxylic acids is 2. The molecular formula is C49H92NO10P. The summed E-state index contributed by atoms with van der Waals surface area (Å²) in [6.45, 7) is 2.81. The number of hydrogen-bond acceptors (Lipinski definition) is 9. The maximum Gasteiger partial charge on any atom is 0.472 e. The third-order valence-electron chi connectivity index (χ3n) is 11.0. The van der Waals surface area contributed by atoms with Crippen LogP contribution in [0.2, 0.25) is 0 Å². The molecule has 0 spiro atoms. The molecule has 0 rings (SSSR count). The zero-order chi connectivity index (χ0) is 44.9. The Morgan fingerprint density at radius 1 is 0.508 bits per heavy atom. The number of phosphoric acid groups is 1. The van der Waals surface area contributed by atoms with Gasteiger partial charge in [0.05, 0.1) is 13.2 Å². The lowest BCUT2D eigenvalue weighted by Crippen LogP contribution is -2.34. The Labute approximate surface area is 372 Å². The van der Waals surface area contributed by atoms with Crippen LogP contribution in [0.4, 0.5) is 0 Å². The van der Waals surface area contributed by atoms with E-state index in [1.165, 1.54) is 135 Å². The molecule has 0 amide bonds. The van der Waals surface area contributed by atoms with Crippen LogP contribution in [0, 0.1) is 0 Å². The van der Waals surface area contributed by atoms with Crippen molar-refractivity contribution in [1.29, 1.82) is 0 Å². The van der Waals surface area contributed by atoms with Crippen LogP contribution in [0.5, 0.6) is 0 Å². The third-order valence-corrected chi connectivity index (χ3v) is 11.9. The van der Waals surface area contributed by atoms with Gasteiger partial charge in [-0.2, -0.15) is 0 Å². The van der Waals surface area contributed by atoms with Gasteiger partial charge in [-0.3, -0.25) is 23.4 Å². The summed E-state index contributed by atoms with van der Waals surface area (Å²) in [6.07, 6.45) is 48.1. The number of allylic oxidation sites excluding steroid dienone is 4. The molecule has 3 atom stereocenters. The molecule has 0 aromatic carbocycles. The predicted octanol–water partition coefficient (Wildman–Crippen LogP) is 13.8. The van der Waals surface area contributed by atoms with Gasteiger partial charge in [-0.1, -0.05) is 205 Å². The number of ether oxygens (including phenoxy) is 2. The summed E-state index contributed by atoms with van der Waals surface area (Å²) in [6, 6.07) is -1.52. The maximum atomic E-state index is 12.7. The fourth-order valence-corrected chi connectivity index (χ4v) is 7.82. The number of nitrogens with two attached hydrogens (primary N) is 1. The fourth-order valence-electron chi connectivity index (χ4n) is 7.04. The minimum atomic E-state index is -4.72. The largest absolute Gasteiger partial charge is 0.480 e. The van der Waals surface area contributed by atoms with E-state index in [9.17, 15) is 23.8 Å². The van der Waals surface area contributed by atoms with Crippen LogP contribution in [-0.2, 0) is 37.5 Å². The lowest BCUT2D eigenvalue weighted by atomic mass is 10.0. The molecular weight excluding hydrogens is 794 g/mol. The van der Waals surface area contributed by atoms with Crippen molar-refractivity contribution >= 4 is 25.7 Å². The van der Waals surface area contributed by atoms with E-state index in [1.54, 1.807) is 0 Å². The topological polar surface area (TPSA) is 172 Å². The fraction of sp³-hybridized carbons (Fsp3) is 0.857. The molecule has 0 aliphatic heterocycles. The van der Waals surface area contributed by atoms with Crippen LogP contribution in [0.1, 0.15) is 239 Å². The van der Waals surface area contributed by atoms with Crippen LogP contribution < -0.4 is 5.73 Å². The predicted molar refractivity (Wildman–Crippen MR) is 249 cm³/mol. The highest BCUT2D eigenvalue weighted by Gasteiger charge is 2.28. The minimum absolute atomic E-state index is 0.148. The van der Waals surface area contributed by atoms with Gasteiger partial charge in [0.15, 0.2) is 6.10 Å². The molecule has 0 saturated heterocycles. The van der Waals surface area contributed by atoms with Gasteiger partial charge in [-0.15, -0.1) is 0 Å². The molecule has 4 N–H and O–H groups in total. The molecule has 0 radical (unpaired) electrons. The quantitative estimate of drug-likeness (QED) is 0.0230. The monoisotopic (exact) mass is 886 g/mol. The molecule has 3 unspecified atom stereocenters. The zero-order valence-corrected chi connectivity index (χ0v) is 39.9. The van der Waals surface area contributed by atoms with E-state index < -0.39 is 51.1 Å². The Balaban J connectivity index is 4.24. The standard InChI is InChI=1S/C49H92NO10P/c1-3-5-7-9-11-13-15-17-19-21-22-23-24-25-27-28-30-32-34-36-38-40-47(51)57-42-45(43-58-61(55,56)59-44-46(50)49(53)54)60-48(52)41-39-37-35-33-31-29-26-20-18-16-14-12-10-8-6-4-2/h14,16,20,26,45-46H,3-13,15,17-19,21-25,27-44,50H2,1-2H3,(H,53,54)(H,55,56)/b16-14-,26-20-. The maximum absolute atomic E-state index is 12.7. The summed E-state index contributed by atoms with van der Waals surface area (Å²) in [7, 11) is -4.72. The first-order valence-corrected chi connectivity index (χ1v) is 26.4. The number of carboxylic acids is 1. The number of carboxylic acid groups (broad SMARTS) is 1. The molecule has 0 aromatic heterocycles. The van der Waals surface area contributed by atoms with Crippen LogP contribution in [0.15, 0.2) is 24.3 Å². The van der Waals surface area contributed by atoms with Crippen molar-refractivity contribution in [3.8, 4) is 0 Å². The Morgan fingerprint density at radius 2 is 0.869 bits per heavy atom. The smallest absolute Gasteiger partial charge is 0.472 e. The van der Waals surface area contributed by atoms with Crippen molar-refractivity contribution in [1.82, 2.24) is 0 Å². The normalized spacial score (nSPS) is 13.8. The van der Waals surface area contributed by atoms with Gasteiger partial charge in [0.2, 0.25) is 0 Å². The van der Waals surface area contributed by atoms with E-state index in [0.29, 0.717) is 12.8 Å². The number of hydrogen-bond donors (Lipinski definition) is 3. The molecule has 12 heteroatoms.